The lowest BCUT2D eigenvalue weighted by Gasteiger charge is -2.18. The van der Waals surface area contributed by atoms with Gasteiger partial charge in [-0.05, 0) is 25.4 Å². The van der Waals surface area contributed by atoms with Gasteiger partial charge in [0.15, 0.2) is 0 Å². The first-order chi connectivity index (χ1) is 8.21. The van der Waals surface area contributed by atoms with Crippen molar-refractivity contribution in [1.29, 1.82) is 0 Å². The molecule has 0 radical (unpaired) electrons. The fourth-order valence-electron chi connectivity index (χ4n) is 1.25. The van der Waals surface area contributed by atoms with Crippen molar-refractivity contribution < 1.29 is 9.47 Å². The van der Waals surface area contributed by atoms with Crippen molar-refractivity contribution in [2.24, 2.45) is 0 Å². The topological polar surface area (TPSA) is 60.4 Å². The lowest BCUT2D eigenvalue weighted by atomic mass is 10.5. The fourth-order valence-corrected chi connectivity index (χ4v) is 1.40. The molecule has 17 heavy (non-hydrogen) atoms. The SMILES string of the molecule is CCN(CC)c1nc(Cl)nc(OCCOC)n1. The van der Waals surface area contributed by atoms with E-state index in [1.54, 1.807) is 7.11 Å². The van der Waals surface area contributed by atoms with Crippen molar-refractivity contribution in [2.45, 2.75) is 13.8 Å². The van der Waals surface area contributed by atoms with E-state index in [9.17, 15) is 0 Å². The molecule has 0 atom stereocenters. The molecule has 0 aliphatic rings. The molecule has 0 unspecified atom stereocenters. The second-order valence-corrected chi connectivity index (χ2v) is 3.54. The Morgan fingerprint density at radius 1 is 1.12 bits per heavy atom. The monoisotopic (exact) mass is 260 g/mol. The Balaban J connectivity index is 2.78. The first-order valence-corrected chi connectivity index (χ1v) is 5.87. The first-order valence-electron chi connectivity index (χ1n) is 5.49. The van der Waals surface area contributed by atoms with E-state index in [0.29, 0.717) is 19.2 Å². The van der Waals surface area contributed by atoms with Crippen LogP contribution >= 0.6 is 11.6 Å². The number of nitrogens with zero attached hydrogens (tertiary/aromatic N) is 4. The summed E-state index contributed by atoms with van der Waals surface area (Å²) >= 11 is 5.82. The molecular weight excluding hydrogens is 244 g/mol. The number of halogens is 1. The zero-order valence-electron chi connectivity index (χ0n) is 10.3. The maximum Gasteiger partial charge on any atom is 0.322 e. The molecule has 7 heteroatoms. The molecule has 6 nitrogen and oxygen atoms in total. The number of hydrogen-bond donors (Lipinski definition) is 0. The lowest BCUT2D eigenvalue weighted by molar-refractivity contribution is 0.140. The van der Waals surface area contributed by atoms with E-state index in [2.05, 4.69) is 15.0 Å². The maximum absolute atomic E-state index is 5.82. The van der Waals surface area contributed by atoms with E-state index in [1.165, 1.54) is 0 Å². The predicted octanol–water partition coefficient (Wildman–Crippen LogP) is 1.40. The predicted molar refractivity (Wildman–Crippen MR) is 65.8 cm³/mol. The van der Waals surface area contributed by atoms with Crippen LogP contribution < -0.4 is 9.64 Å². The molecule has 96 valence electrons. The van der Waals surface area contributed by atoms with Gasteiger partial charge in [0.2, 0.25) is 11.2 Å². The van der Waals surface area contributed by atoms with Crippen LogP contribution in [0.5, 0.6) is 6.01 Å². The highest BCUT2D eigenvalue weighted by molar-refractivity contribution is 6.28. The van der Waals surface area contributed by atoms with Gasteiger partial charge in [-0.15, -0.1) is 0 Å². The summed E-state index contributed by atoms with van der Waals surface area (Å²) in [5.41, 5.74) is 0. The van der Waals surface area contributed by atoms with Crippen LogP contribution in [0, 0.1) is 0 Å². The molecule has 1 rings (SSSR count). The zero-order chi connectivity index (χ0) is 12.7. The number of rotatable bonds is 7. The van der Waals surface area contributed by atoms with Crippen molar-refractivity contribution in [3.05, 3.63) is 5.28 Å². The quantitative estimate of drug-likeness (QED) is 0.691. The van der Waals surface area contributed by atoms with Gasteiger partial charge in [-0.3, -0.25) is 0 Å². The third-order valence-corrected chi connectivity index (χ3v) is 2.31. The second kappa shape index (κ2) is 7.24. The molecular formula is C10H17ClN4O2. The van der Waals surface area contributed by atoms with Crippen LogP contribution in [0.25, 0.3) is 0 Å². The van der Waals surface area contributed by atoms with E-state index >= 15 is 0 Å². The minimum atomic E-state index is 0.134. The van der Waals surface area contributed by atoms with Crippen molar-refractivity contribution >= 4 is 17.5 Å². The summed E-state index contributed by atoms with van der Waals surface area (Å²) in [6.45, 7) is 6.50. The highest BCUT2D eigenvalue weighted by Crippen LogP contribution is 2.14. The molecule has 0 saturated carbocycles. The standard InChI is InChI=1S/C10H17ClN4O2/c1-4-15(5-2)9-12-8(11)13-10(14-9)17-7-6-16-3/h4-7H2,1-3H3. The highest BCUT2D eigenvalue weighted by atomic mass is 35.5. The van der Waals surface area contributed by atoms with Crippen LogP contribution in [-0.4, -0.2) is 48.4 Å². The third kappa shape index (κ3) is 4.32. The van der Waals surface area contributed by atoms with Gasteiger partial charge in [-0.25, -0.2) is 0 Å². The summed E-state index contributed by atoms with van der Waals surface area (Å²) in [5, 5.41) is 0.134. The average molecular weight is 261 g/mol. The van der Waals surface area contributed by atoms with Crippen LogP contribution in [0.1, 0.15) is 13.8 Å². The minimum Gasteiger partial charge on any atom is -0.461 e. The molecule has 0 spiro atoms. The third-order valence-electron chi connectivity index (χ3n) is 2.14. The molecule has 1 aromatic rings. The molecule has 0 amide bonds. The molecule has 0 aromatic carbocycles. The van der Waals surface area contributed by atoms with E-state index in [0.717, 1.165) is 13.1 Å². The number of anilines is 1. The molecule has 0 N–H and O–H groups in total. The Labute approximate surface area is 106 Å². The average Bonchev–Trinajstić information content (AvgIpc) is 2.30. The maximum atomic E-state index is 5.82. The molecule has 1 aromatic heterocycles. The van der Waals surface area contributed by atoms with Crippen molar-refractivity contribution in [2.75, 3.05) is 38.3 Å². The summed E-state index contributed by atoms with van der Waals surface area (Å²) < 4.78 is 10.2. The second-order valence-electron chi connectivity index (χ2n) is 3.20. The van der Waals surface area contributed by atoms with Gasteiger partial charge in [-0.2, -0.15) is 15.0 Å². The fraction of sp³-hybridized carbons (Fsp3) is 0.700. The minimum absolute atomic E-state index is 0.134. The Kier molecular flexibility index (Phi) is 5.93. The number of ether oxygens (including phenoxy) is 2. The van der Waals surface area contributed by atoms with E-state index < -0.39 is 0 Å². The molecule has 0 saturated heterocycles. The molecule has 0 fully saturated rings. The van der Waals surface area contributed by atoms with Gasteiger partial charge < -0.3 is 14.4 Å². The van der Waals surface area contributed by atoms with Gasteiger partial charge in [0.05, 0.1) is 6.61 Å². The van der Waals surface area contributed by atoms with Gasteiger partial charge in [-0.1, -0.05) is 0 Å². The van der Waals surface area contributed by atoms with Crippen molar-refractivity contribution in [3.63, 3.8) is 0 Å². The Hall–Kier alpha value is -1.14. The Morgan fingerprint density at radius 3 is 2.41 bits per heavy atom. The van der Waals surface area contributed by atoms with Gasteiger partial charge in [0.1, 0.15) is 6.61 Å². The number of hydrogen-bond acceptors (Lipinski definition) is 6. The van der Waals surface area contributed by atoms with Gasteiger partial charge >= 0.3 is 6.01 Å². The lowest BCUT2D eigenvalue weighted by Crippen LogP contribution is -2.24. The zero-order valence-corrected chi connectivity index (χ0v) is 11.1. The van der Waals surface area contributed by atoms with Crippen LogP contribution in [0.2, 0.25) is 5.28 Å². The van der Waals surface area contributed by atoms with E-state index in [1.807, 2.05) is 18.7 Å². The van der Waals surface area contributed by atoms with E-state index in [4.69, 9.17) is 21.1 Å². The van der Waals surface area contributed by atoms with Crippen molar-refractivity contribution in [3.8, 4) is 6.01 Å². The van der Waals surface area contributed by atoms with E-state index in [-0.39, 0.29) is 11.3 Å². The summed E-state index contributed by atoms with van der Waals surface area (Å²) in [4.78, 5) is 14.1. The van der Waals surface area contributed by atoms with Gasteiger partial charge in [0.25, 0.3) is 0 Å². The van der Waals surface area contributed by atoms with Crippen LogP contribution in [-0.2, 0) is 4.74 Å². The molecule has 0 bridgehead atoms. The molecule has 1 heterocycles. The number of aromatic nitrogens is 3. The van der Waals surface area contributed by atoms with Crippen LogP contribution in [0.15, 0.2) is 0 Å². The summed E-state index contributed by atoms with van der Waals surface area (Å²) in [7, 11) is 1.60. The smallest absolute Gasteiger partial charge is 0.322 e. The molecule has 0 aliphatic carbocycles. The normalized spacial score (nSPS) is 10.4. The Morgan fingerprint density at radius 2 is 1.82 bits per heavy atom. The number of methoxy groups -OCH3 is 1. The largest absolute Gasteiger partial charge is 0.461 e. The summed E-state index contributed by atoms with van der Waals surface area (Å²) in [5.74, 6) is 0.530. The van der Waals surface area contributed by atoms with Crippen LogP contribution in [0.3, 0.4) is 0 Å². The first kappa shape index (κ1) is 13.9. The highest BCUT2D eigenvalue weighted by Gasteiger charge is 2.10. The summed E-state index contributed by atoms with van der Waals surface area (Å²) in [6.07, 6.45) is 0. The van der Waals surface area contributed by atoms with Gasteiger partial charge in [0, 0.05) is 20.2 Å². The molecule has 0 aliphatic heterocycles. The summed E-state index contributed by atoms with van der Waals surface area (Å²) in [6, 6.07) is 0.226. The van der Waals surface area contributed by atoms with Crippen LogP contribution in [0.4, 0.5) is 5.95 Å². The Bertz CT molecular complexity index is 347. The van der Waals surface area contributed by atoms with Crippen molar-refractivity contribution in [1.82, 2.24) is 15.0 Å².